The first-order valence-corrected chi connectivity index (χ1v) is 8.50. The number of nitrogens with zero attached hydrogens (tertiary/aromatic N) is 1. The number of amides is 1. The highest BCUT2D eigenvalue weighted by Gasteiger charge is 2.12. The van der Waals surface area contributed by atoms with Crippen molar-refractivity contribution in [2.75, 3.05) is 11.9 Å². The van der Waals surface area contributed by atoms with Gasteiger partial charge in [-0.15, -0.1) is 0 Å². The van der Waals surface area contributed by atoms with Gasteiger partial charge in [0.25, 0.3) is 5.91 Å². The lowest BCUT2D eigenvalue weighted by Crippen LogP contribution is -2.14. The minimum absolute atomic E-state index is 0.198. The molecule has 0 atom stereocenters. The van der Waals surface area contributed by atoms with E-state index in [1.54, 1.807) is 30.3 Å². The maximum absolute atomic E-state index is 13.6. The van der Waals surface area contributed by atoms with Crippen molar-refractivity contribution >= 4 is 17.7 Å². The number of anilines is 1. The summed E-state index contributed by atoms with van der Waals surface area (Å²) in [6.07, 6.45) is 2.33. The minimum atomic E-state index is -0.913. The summed E-state index contributed by atoms with van der Waals surface area (Å²) in [4.78, 5) is 12.2. The van der Waals surface area contributed by atoms with Crippen LogP contribution in [0.3, 0.4) is 0 Å². The first kappa shape index (κ1) is 20.1. The lowest BCUT2D eigenvalue weighted by molar-refractivity contribution is -0.112. The van der Waals surface area contributed by atoms with Crippen molar-refractivity contribution in [1.82, 2.24) is 0 Å². The van der Waals surface area contributed by atoms with Gasteiger partial charge in [-0.3, -0.25) is 4.79 Å². The van der Waals surface area contributed by atoms with Crippen LogP contribution < -0.4 is 10.1 Å². The van der Waals surface area contributed by atoms with E-state index in [0.29, 0.717) is 29.9 Å². The molecule has 0 heterocycles. The third-order valence-electron chi connectivity index (χ3n) is 3.70. The molecule has 140 valence electrons. The van der Waals surface area contributed by atoms with Crippen LogP contribution in [0, 0.1) is 28.9 Å². The van der Waals surface area contributed by atoms with Crippen molar-refractivity contribution in [3.05, 3.63) is 65.2 Å². The fourth-order valence-corrected chi connectivity index (χ4v) is 2.17. The first-order chi connectivity index (χ1) is 12.9. The number of nitriles is 1. The summed E-state index contributed by atoms with van der Waals surface area (Å²) < 4.78 is 32.2. The number of hydrogen-bond acceptors (Lipinski definition) is 3. The smallest absolute Gasteiger partial charge is 0.266 e. The largest absolute Gasteiger partial charge is 0.494 e. The SMILES string of the molecule is CC(C)CCOc1ccc(/C=C(\C#N)C(=O)Nc2ccc(F)cc2F)cc1. The molecule has 0 radical (unpaired) electrons. The molecule has 0 aliphatic carbocycles. The molecule has 0 fully saturated rings. The molecule has 0 bridgehead atoms. The number of ether oxygens (including phenoxy) is 1. The van der Waals surface area contributed by atoms with Crippen LogP contribution in [0.5, 0.6) is 5.75 Å². The molecule has 0 unspecified atom stereocenters. The number of carbonyl (C=O) groups is 1. The summed E-state index contributed by atoms with van der Waals surface area (Å²) in [5, 5.41) is 11.5. The van der Waals surface area contributed by atoms with Crippen LogP contribution in [0.25, 0.3) is 6.08 Å². The second-order valence-corrected chi connectivity index (χ2v) is 6.35. The highest BCUT2D eigenvalue weighted by Crippen LogP contribution is 2.18. The van der Waals surface area contributed by atoms with E-state index in [-0.39, 0.29) is 11.3 Å². The standard InChI is InChI=1S/C21H20F2N2O2/c1-14(2)9-10-27-18-6-3-15(4-7-18)11-16(13-24)21(26)25-20-8-5-17(22)12-19(20)23/h3-8,11-12,14H,9-10H2,1-2H3,(H,25,26)/b16-11+. The quantitative estimate of drug-likeness (QED) is 0.555. The van der Waals surface area contributed by atoms with Crippen LogP contribution in [0.15, 0.2) is 48.0 Å². The van der Waals surface area contributed by atoms with Crippen molar-refractivity contribution < 1.29 is 18.3 Å². The van der Waals surface area contributed by atoms with Gasteiger partial charge in [-0.2, -0.15) is 5.26 Å². The van der Waals surface area contributed by atoms with E-state index in [9.17, 15) is 18.8 Å². The second kappa shape index (κ2) is 9.48. The topological polar surface area (TPSA) is 62.1 Å². The van der Waals surface area contributed by atoms with Crippen LogP contribution in [0.2, 0.25) is 0 Å². The van der Waals surface area contributed by atoms with Gasteiger partial charge < -0.3 is 10.1 Å². The second-order valence-electron chi connectivity index (χ2n) is 6.35. The monoisotopic (exact) mass is 370 g/mol. The molecule has 0 spiro atoms. The lowest BCUT2D eigenvalue weighted by atomic mass is 10.1. The average Bonchev–Trinajstić information content (AvgIpc) is 2.63. The van der Waals surface area contributed by atoms with Crippen LogP contribution in [0.4, 0.5) is 14.5 Å². The van der Waals surface area contributed by atoms with Crippen LogP contribution in [0.1, 0.15) is 25.8 Å². The third-order valence-corrected chi connectivity index (χ3v) is 3.70. The molecular weight excluding hydrogens is 350 g/mol. The van der Waals surface area contributed by atoms with Crippen molar-refractivity contribution in [1.29, 1.82) is 5.26 Å². The molecule has 0 aromatic heterocycles. The predicted octanol–water partition coefficient (Wildman–Crippen LogP) is 4.94. The summed E-state index contributed by atoms with van der Waals surface area (Å²) in [5.74, 6) is -1.19. The number of rotatable bonds is 7. The Balaban J connectivity index is 2.06. The lowest BCUT2D eigenvalue weighted by Gasteiger charge is -2.08. The molecule has 27 heavy (non-hydrogen) atoms. The normalized spacial score (nSPS) is 11.2. The van der Waals surface area contributed by atoms with Gasteiger partial charge in [0.15, 0.2) is 0 Å². The fraction of sp³-hybridized carbons (Fsp3) is 0.238. The predicted molar refractivity (Wildman–Crippen MR) is 100.0 cm³/mol. The highest BCUT2D eigenvalue weighted by atomic mass is 19.1. The van der Waals surface area contributed by atoms with Gasteiger partial charge in [0.05, 0.1) is 12.3 Å². The maximum atomic E-state index is 13.6. The Morgan fingerprint density at radius 3 is 2.52 bits per heavy atom. The van der Waals surface area contributed by atoms with Crippen molar-refractivity contribution in [3.63, 3.8) is 0 Å². The molecule has 2 rings (SSSR count). The van der Waals surface area contributed by atoms with E-state index in [0.717, 1.165) is 18.6 Å². The third kappa shape index (κ3) is 6.23. The summed E-state index contributed by atoms with van der Waals surface area (Å²) >= 11 is 0. The van der Waals surface area contributed by atoms with Gasteiger partial charge in [0, 0.05) is 6.07 Å². The molecule has 2 aromatic carbocycles. The van der Waals surface area contributed by atoms with Gasteiger partial charge in [-0.05, 0) is 48.2 Å². The van der Waals surface area contributed by atoms with Crippen LogP contribution in [-0.4, -0.2) is 12.5 Å². The number of nitrogens with one attached hydrogen (secondary N) is 1. The van der Waals surface area contributed by atoms with E-state index >= 15 is 0 Å². The molecule has 4 nitrogen and oxygen atoms in total. The number of hydrogen-bond donors (Lipinski definition) is 1. The van der Waals surface area contributed by atoms with Gasteiger partial charge in [-0.1, -0.05) is 26.0 Å². The molecular formula is C21H20F2N2O2. The molecule has 0 aliphatic rings. The summed E-state index contributed by atoms with van der Waals surface area (Å²) in [7, 11) is 0. The molecule has 0 saturated heterocycles. The summed E-state index contributed by atoms with van der Waals surface area (Å²) in [5.41, 5.74) is 0.223. The number of benzene rings is 2. The van der Waals surface area contributed by atoms with Gasteiger partial charge in [-0.25, -0.2) is 8.78 Å². The van der Waals surface area contributed by atoms with Gasteiger partial charge in [0.2, 0.25) is 0 Å². The molecule has 1 N–H and O–H groups in total. The Kier molecular flexibility index (Phi) is 7.07. The minimum Gasteiger partial charge on any atom is -0.494 e. The Morgan fingerprint density at radius 2 is 1.93 bits per heavy atom. The molecule has 6 heteroatoms. The van der Waals surface area contributed by atoms with Crippen molar-refractivity contribution in [2.24, 2.45) is 5.92 Å². The maximum Gasteiger partial charge on any atom is 0.266 e. The Bertz CT molecular complexity index is 869. The van der Waals surface area contributed by atoms with Crippen LogP contribution in [-0.2, 0) is 4.79 Å². The first-order valence-electron chi connectivity index (χ1n) is 8.50. The van der Waals surface area contributed by atoms with E-state index in [2.05, 4.69) is 19.2 Å². The Hall–Kier alpha value is -3.20. The zero-order chi connectivity index (χ0) is 19.8. The van der Waals surface area contributed by atoms with E-state index in [1.165, 1.54) is 6.08 Å². The summed E-state index contributed by atoms with van der Waals surface area (Å²) in [6, 6.07) is 11.5. The Labute approximate surface area is 157 Å². The molecule has 1 amide bonds. The molecule has 0 aliphatic heterocycles. The number of halogens is 2. The zero-order valence-corrected chi connectivity index (χ0v) is 15.1. The average molecular weight is 370 g/mol. The van der Waals surface area contributed by atoms with E-state index in [4.69, 9.17) is 4.74 Å². The molecule has 0 saturated carbocycles. The van der Waals surface area contributed by atoms with Crippen LogP contribution >= 0.6 is 0 Å². The fourth-order valence-electron chi connectivity index (χ4n) is 2.17. The van der Waals surface area contributed by atoms with Gasteiger partial charge in [0.1, 0.15) is 29.0 Å². The van der Waals surface area contributed by atoms with E-state index < -0.39 is 17.5 Å². The Morgan fingerprint density at radius 1 is 1.22 bits per heavy atom. The van der Waals surface area contributed by atoms with Gasteiger partial charge >= 0.3 is 0 Å². The van der Waals surface area contributed by atoms with Crippen molar-refractivity contribution in [2.45, 2.75) is 20.3 Å². The number of carbonyl (C=O) groups excluding carboxylic acids is 1. The summed E-state index contributed by atoms with van der Waals surface area (Å²) in [6.45, 7) is 4.84. The van der Waals surface area contributed by atoms with Crippen molar-refractivity contribution in [3.8, 4) is 11.8 Å². The zero-order valence-electron chi connectivity index (χ0n) is 15.1. The van der Waals surface area contributed by atoms with E-state index in [1.807, 2.05) is 0 Å². The molecule has 2 aromatic rings. The highest BCUT2D eigenvalue weighted by molar-refractivity contribution is 6.09.